The molecule has 1 amide bonds. The number of allylic oxidation sites excluding steroid dienone is 1. The summed E-state index contributed by atoms with van der Waals surface area (Å²) >= 11 is 1.12. The van der Waals surface area contributed by atoms with Gasteiger partial charge in [-0.15, -0.1) is 0 Å². The number of methoxy groups -OCH3 is 1. The summed E-state index contributed by atoms with van der Waals surface area (Å²) in [6.07, 6.45) is 1.60. The van der Waals surface area contributed by atoms with Crippen molar-refractivity contribution in [2.45, 2.75) is 33.7 Å². The number of aromatic nitrogens is 1. The number of para-hydroxylation sites is 1. The Morgan fingerprint density at radius 2 is 1.76 bits per heavy atom. The lowest BCUT2D eigenvalue weighted by Gasteiger charge is -2.25. The topological polar surface area (TPSA) is 138 Å². The smallest absolute Gasteiger partial charge is 0.343 e. The molecule has 2 aliphatic heterocycles. The lowest BCUT2D eigenvalue weighted by molar-refractivity contribution is -0.143. The predicted molar refractivity (Wildman–Crippen MR) is 167 cm³/mol. The zero-order chi connectivity index (χ0) is 32.2. The number of hydrazone groups is 1. The molecule has 2 atom stereocenters. The molecule has 2 aliphatic rings. The van der Waals surface area contributed by atoms with Gasteiger partial charge in [0, 0.05) is 0 Å². The van der Waals surface area contributed by atoms with Crippen molar-refractivity contribution in [1.29, 1.82) is 0 Å². The number of rotatable bonds is 10. The van der Waals surface area contributed by atoms with Crippen LogP contribution in [-0.2, 0) is 23.9 Å². The maximum Gasteiger partial charge on any atom is 0.343 e. The second kappa shape index (κ2) is 13.3. The number of carbonyl (C=O) groups is 3. The Hall–Kier alpha value is -5.04. The quantitative estimate of drug-likeness (QED) is 0.311. The number of ether oxygens (including phenoxy) is 4. The highest BCUT2D eigenvalue weighted by atomic mass is 32.1. The van der Waals surface area contributed by atoms with E-state index in [9.17, 15) is 19.2 Å². The zero-order valence-corrected chi connectivity index (χ0v) is 26.3. The summed E-state index contributed by atoms with van der Waals surface area (Å²) in [6, 6.07) is 13.1. The molecular weight excluding hydrogens is 600 g/mol. The van der Waals surface area contributed by atoms with Crippen LogP contribution in [0, 0.1) is 5.92 Å². The van der Waals surface area contributed by atoms with Gasteiger partial charge in [-0.3, -0.25) is 14.2 Å². The lowest BCUT2D eigenvalue weighted by atomic mass is 9.95. The van der Waals surface area contributed by atoms with E-state index in [1.54, 1.807) is 64.1 Å². The fraction of sp³-hybridized carbons (Fsp3) is 0.312. The van der Waals surface area contributed by atoms with Gasteiger partial charge in [-0.2, -0.15) is 10.1 Å². The van der Waals surface area contributed by atoms with Gasteiger partial charge in [0.15, 0.2) is 22.9 Å². The molecule has 5 rings (SSSR count). The molecule has 0 N–H and O–H groups in total. The second-order valence-corrected chi connectivity index (χ2v) is 11.0. The molecule has 12 nitrogen and oxygen atoms in total. The highest BCUT2D eigenvalue weighted by molar-refractivity contribution is 7.07. The van der Waals surface area contributed by atoms with E-state index in [1.807, 2.05) is 18.2 Å². The maximum atomic E-state index is 14.1. The summed E-state index contributed by atoms with van der Waals surface area (Å²) in [7, 11) is 1.26. The van der Waals surface area contributed by atoms with Gasteiger partial charge >= 0.3 is 11.9 Å². The number of esters is 2. The summed E-state index contributed by atoms with van der Waals surface area (Å²) in [4.78, 5) is 57.5. The largest absolute Gasteiger partial charge is 0.490 e. The summed E-state index contributed by atoms with van der Waals surface area (Å²) in [5, 5.41) is 5.78. The molecule has 13 heteroatoms. The van der Waals surface area contributed by atoms with Crippen LogP contribution in [0.5, 0.6) is 11.5 Å². The van der Waals surface area contributed by atoms with Crippen molar-refractivity contribution in [3.63, 3.8) is 0 Å². The molecule has 0 bridgehead atoms. The minimum Gasteiger partial charge on any atom is -0.490 e. The van der Waals surface area contributed by atoms with Gasteiger partial charge in [0.2, 0.25) is 0 Å². The molecule has 0 spiro atoms. The maximum absolute atomic E-state index is 14.1. The molecule has 0 saturated heterocycles. The van der Waals surface area contributed by atoms with Crippen LogP contribution in [0.1, 0.15) is 39.3 Å². The van der Waals surface area contributed by atoms with Crippen molar-refractivity contribution in [2.75, 3.05) is 31.9 Å². The van der Waals surface area contributed by atoms with E-state index in [4.69, 9.17) is 14.2 Å². The predicted octanol–water partition coefficient (Wildman–Crippen LogP) is 2.74. The van der Waals surface area contributed by atoms with Crippen molar-refractivity contribution >= 4 is 46.7 Å². The highest BCUT2D eigenvalue weighted by Gasteiger charge is 2.36. The molecule has 3 aromatic rings. The normalized spacial score (nSPS) is 17.9. The van der Waals surface area contributed by atoms with E-state index in [0.29, 0.717) is 33.2 Å². The molecule has 0 unspecified atom stereocenters. The molecule has 234 valence electrons. The average Bonchev–Trinajstić information content (AvgIpc) is 3.50. The summed E-state index contributed by atoms with van der Waals surface area (Å²) in [6.45, 7) is 6.99. The highest BCUT2D eigenvalue weighted by Crippen LogP contribution is 2.36. The third kappa shape index (κ3) is 6.16. The Morgan fingerprint density at radius 3 is 2.44 bits per heavy atom. The molecule has 0 radical (unpaired) electrons. The van der Waals surface area contributed by atoms with Crippen LogP contribution in [0.2, 0.25) is 0 Å². The Bertz CT molecular complexity index is 1890. The van der Waals surface area contributed by atoms with E-state index in [0.717, 1.165) is 11.3 Å². The molecular formula is C32H32N4O8S. The van der Waals surface area contributed by atoms with Gasteiger partial charge in [0.25, 0.3) is 11.5 Å². The molecule has 0 fully saturated rings. The monoisotopic (exact) mass is 632 g/mol. The summed E-state index contributed by atoms with van der Waals surface area (Å²) < 4.78 is 23.2. The molecule has 0 saturated carbocycles. The zero-order valence-electron chi connectivity index (χ0n) is 25.4. The van der Waals surface area contributed by atoms with Crippen LogP contribution >= 0.6 is 11.3 Å². The first-order valence-corrected chi connectivity index (χ1v) is 15.1. The van der Waals surface area contributed by atoms with Crippen LogP contribution in [0.3, 0.4) is 0 Å². The average molecular weight is 633 g/mol. The summed E-state index contributed by atoms with van der Waals surface area (Å²) in [5.41, 5.74) is 1.84. The first-order chi connectivity index (χ1) is 21.7. The van der Waals surface area contributed by atoms with Crippen molar-refractivity contribution in [3.05, 3.63) is 85.1 Å². The summed E-state index contributed by atoms with van der Waals surface area (Å²) in [5.74, 6) is -1.63. The Morgan fingerprint density at radius 1 is 1.00 bits per heavy atom. The van der Waals surface area contributed by atoms with E-state index in [1.165, 1.54) is 16.7 Å². The Labute approximate surface area is 262 Å². The van der Waals surface area contributed by atoms with Gasteiger partial charge in [-0.1, -0.05) is 35.6 Å². The van der Waals surface area contributed by atoms with Gasteiger partial charge in [-0.05, 0) is 63.6 Å². The molecule has 0 aliphatic carbocycles. The number of hydrogen-bond donors (Lipinski definition) is 0. The van der Waals surface area contributed by atoms with Crippen LogP contribution in [0.4, 0.5) is 5.69 Å². The second-order valence-electron chi connectivity index (χ2n) is 10.0. The standard InChI is InChI=1S/C32H32N4O8S/c1-6-42-24-15-20(13-14-23(24)44-17-26(37)41-5)28-27(31(40)43-7-2)19(4)33-32-35(28)30(39)25(45-32)16-22-18(3)34-36(29(22)38)21-11-9-8-10-12-21/h8-16,22,28H,6-7,17H2,1-5H3/b25-16-/t22-,28+/m0/s1. The number of carbonyl (C=O) groups excluding carboxylic acids is 3. The van der Waals surface area contributed by atoms with E-state index in [-0.39, 0.29) is 41.6 Å². The minimum atomic E-state index is -0.925. The van der Waals surface area contributed by atoms with Crippen LogP contribution in [0.25, 0.3) is 6.08 Å². The molecule has 2 aromatic carbocycles. The van der Waals surface area contributed by atoms with Crippen LogP contribution < -0.4 is 29.4 Å². The number of nitrogens with zero attached hydrogens (tertiary/aromatic N) is 4. The SMILES string of the molecule is CCOC(=O)C1=C(C)N=c2s/c(=C\[C@@H]3C(=O)N(c4ccccc4)N=C3C)c(=O)n2[C@@H]1c1ccc(OCC(=O)OC)c(OCC)c1. The third-order valence-electron chi connectivity index (χ3n) is 7.18. The van der Waals surface area contributed by atoms with Crippen LogP contribution in [-0.4, -0.2) is 55.1 Å². The third-order valence-corrected chi connectivity index (χ3v) is 8.18. The molecule has 3 heterocycles. The van der Waals surface area contributed by atoms with Gasteiger partial charge < -0.3 is 18.9 Å². The number of hydrogen-bond acceptors (Lipinski definition) is 11. The number of amides is 1. The van der Waals surface area contributed by atoms with Crippen molar-refractivity contribution in [2.24, 2.45) is 16.0 Å². The van der Waals surface area contributed by atoms with E-state index < -0.39 is 29.5 Å². The Balaban J connectivity index is 1.62. The number of fused-ring (bicyclic) bond motifs is 1. The van der Waals surface area contributed by atoms with E-state index in [2.05, 4.69) is 14.8 Å². The van der Waals surface area contributed by atoms with E-state index >= 15 is 0 Å². The number of thiazole rings is 1. The number of anilines is 1. The van der Waals surface area contributed by atoms with Crippen LogP contribution in [0.15, 0.2) is 74.7 Å². The fourth-order valence-corrected chi connectivity index (χ4v) is 6.13. The number of benzene rings is 2. The van der Waals surface area contributed by atoms with Gasteiger partial charge in [0.05, 0.1) is 53.6 Å². The van der Waals surface area contributed by atoms with Crippen molar-refractivity contribution < 1.29 is 33.3 Å². The molecule has 45 heavy (non-hydrogen) atoms. The minimum absolute atomic E-state index is 0.123. The van der Waals surface area contributed by atoms with Crippen molar-refractivity contribution in [3.8, 4) is 11.5 Å². The fourth-order valence-electron chi connectivity index (χ4n) is 5.08. The van der Waals surface area contributed by atoms with Gasteiger partial charge in [-0.25, -0.2) is 14.6 Å². The Kier molecular flexibility index (Phi) is 9.28. The van der Waals surface area contributed by atoms with Crippen molar-refractivity contribution in [1.82, 2.24) is 4.57 Å². The molecule has 1 aromatic heterocycles. The first-order valence-electron chi connectivity index (χ1n) is 14.3. The lowest BCUT2D eigenvalue weighted by Crippen LogP contribution is -2.40. The first kappa shape index (κ1) is 31.4. The van der Waals surface area contributed by atoms with Gasteiger partial charge in [0.1, 0.15) is 5.92 Å².